The van der Waals surface area contributed by atoms with E-state index in [9.17, 15) is 14.5 Å². The van der Waals surface area contributed by atoms with E-state index < -0.39 is 10.7 Å². The number of rotatable bonds is 7. The first-order valence-electron chi connectivity index (χ1n) is 5.28. The van der Waals surface area contributed by atoms with Crippen LogP contribution in [-0.2, 0) is 0 Å². The third-order valence-corrected chi connectivity index (χ3v) is 2.43. The van der Waals surface area contributed by atoms with Gasteiger partial charge in [-0.05, 0) is 25.3 Å². The molecule has 0 N–H and O–H groups in total. The third-order valence-electron chi connectivity index (χ3n) is 2.16. The van der Waals surface area contributed by atoms with Crippen LogP contribution in [0, 0.1) is 15.9 Å². The first-order valence-corrected chi connectivity index (χ1v) is 5.81. The van der Waals surface area contributed by atoms with Gasteiger partial charge >= 0.3 is 0 Å². The summed E-state index contributed by atoms with van der Waals surface area (Å²) in [5.41, 5.74) is -0.281. The predicted octanol–water partition coefficient (Wildman–Crippen LogP) is 3.52. The van der Waals surface area contributed by atoms with Gasteiger partial charge in [0.25, 0.3) is 5.69 Å². The number of benzene rings is 1. The number of halogens is 2. The van der Waals surface area contributed by atoms with E-state index in [1.165, 1.54) is 12.1 Å². The summed E-state index contributed by atoms with van der Waals surface area (Å²) in [4.78, 5) is 9.74. The average Bonchev–Trinajstić information content (AvgIpc) is 2.30. The summed E-state index contributed by atoms with van der Waals surface area (Å²) in [6, 6.07) is 3.35. The molecule has 0 aliphatic carbocycles. The number of alkyl halides is 1. The average molecular weight is 262 g/mol. The molecule has 0 bridgehead atoms. The highest BCUT2D eigenvalue weighted by Crippen LogP contribution is 2.22. The Labute approximate surface area is 103 Å². The second-order valence-electron chi connectivity index (χ2n) is 3.47. The van der Waals surface area contributed by atoms with Crippen molar-refractivity contribution in [2.24, 2.45) is 0 Å². The van der Waals surface area contributed by atoms with Gasteiger partial charge in [0.1, 0.15) is 0 Å². The van der Waals surface area contributed by atoms with Gasteiger partial charge in [-0.3, -0.25) is 10.1 Å². The summed E-state index contributed by atoms with van der Waals surface area (Å²) >= 11 is 5.51. The van der Waals surface area contributed by atoms with Crippen molar-refractivity contribution in [3.05, 3.63) is 34.1 Å². The number of nitro groups is 1. The molecule has 0 atom stereocenters. The maximum atomic E-state index is 13.3. The number of unbranched alkanes of at least 4 members (excludes halogenated alkanes) is 2. The molecule has 0 saturated carbocycles. The fourth-order valence-electron chi connectivity index (χ4n) is 1.28. The number of nitro benzene ring substituents is 1. The quantitative estimate of drug-likeness (QED) is 0.327. The molecule has 1 rings (SSSR count). The zero-order chi connectivity index (χ0) is 12.7. The molecular weight excluding hydrogens is 249 g/mol. The van der Waals surface area contributed by atoms with E-state index in [-0.39, 0.29) is 11.4 Å². The first-order chi connectivity index (χ1) is 8.15. The standard InChI is InChI=1S/C11H13ClFNO3/c12-6-2-1-3-7-17-11-5-4-9(14(15)16)8-10(11)13/h4-5,8H,1-3,6-7H2. The minimum Gasteiger partial charge on any atom is -0.491 e. The molecule has 4 nitrogen and oxygen atoms in total. The lowest BCUT2D eigenvalue weighted by Gasteiger charge is -2.06. The molecule has 6 heteroatoms. The lowest BCUT2D eigenvalue weighted by atomic mass is 10.2. The normalized spacial score (nSPS) is 10.2. The summed E-state index contributed by atoms with van der Waals surface area (Å²) in [6.45, 7) is 0.381. The minimum atomic E-state index is -0.712. The fourth-order valence-corrected chi connectivity index (χ4v) is 1.46. The SMILES string of the molecule is O=[N+]([O-])c1ccc(OCCCCCCl)c(F)c1. The van der Waals surface area contributed by atoms with Crippen molar-refractivity contribution < 1.29 is 14.1 Å². The molecule has 17 heavy (non-hydrogen) atoms. The zero-order valence-electron chi connectivity index (χ0n) is 9.20. The van der Waals surface area contributed by atoms with Gasteiger partial charge in [0.15, 0.2) is 11.6 Å². The fraction of sp³-hybridized carbons (Fsp3) is 0.455. The van der Waals surface area contributed by atoms with Crippen LogP contribution in [0.25, 0.3) is 0 Å². The highest BCUT2D eigenvalue weighted by Gasteiger charge is 2.11. The lowest BCUT2D eigenvalue weighted by Crippen LogP contribution is -2.00. The largest absolute Gasteiger partial charge is 0.491 e. The van der Waals surface area contributed by atoms with Crippen LogP contribution in [0.4, 0.5) is 10.1 Å². The van der Waals surface area contributed by atoms with Crippen LogP contribution in [-0.4, -0.2) is 17.4 Å². The highest BCUT2D eigenvalue weighted by molar-refractivity contribution is 6.17. The van der Waals surface area contributed by atoms with Crippen molar-refractivity contribution in [1.82, 2.24) is 0 Å². The van der Waals surface area contributed by atoms with Crippen LogP contribution < -0.4 is 4.74 Å². The van der Waals surface area contributed by atoms with Gasteiger partial charge in [-0.15, -0.1) is 11.6 Å². The molecule has 0 saturated heterocycles. The molecule has 0 radical (unpaired) electrons. The number of nitrogens with zero attached hydrogens (tertiary/aromatic N) is 1. The Morgan fingerprint density at radius 1 is 1.35 bits per heavy atom. The molecule has 0 unspecified atom stereocenters. The maximum absolute atomic E-state index is 13.3. The van der Waals surface area contributed by atoms with E-state index in [0.717, 1.165) is 25.3 Å². The Hall–Kier alpha value is -1.36. The summed E-state index contributed by atoms with van der Waals surface area (Å²) < 4.78 is 18.5. The third kappa shape index (κ3) is 4.56. The monoisotopic (exact) mass is 261 g/mol. The Morgan fingerprint density at radius 2 is 2.12 bits per heavy atom. The number of hydrogen-bond donors (Lipinski definition) is 0. The van der Waals surface area contributed by atoms with Crippen molar-refractivity contribution >= 4 is 17.3 Å². The molecule has 0 aliphatic rings. The summed E-state index contributed by atoms with van der Waals surface area (Å²) in [5, 5.41) is 10.4. The van der Waals surface area contributed by atoms with Gasteiger partial charge in [-0.1, -0.05) is 0 Å². The van der Waals surface area contributed by atoms with Crippen molar-refractivity contribution in [3.63, 3.8) is 0 Å². The topological polar surface area (TPSA) is 52.4 Å². The molecule has 0 heterocycles. The highest BCUT2D eigenvalue weighted by atomic mass is 35.5. The van der Waals surface area contributed by atoms with E-state index in [2.05, 4.69) is 0 Å². The van der Waals surface area contributed by atoms with Crippen LogP contribution in [0.2, 0.25) is 0 Å². The van der Waals surface area contributed by atoms with Crippen molar-refractivity contribution in [2.45, 2.75) is 19.3 Å². The molecule has 1 aromatic rings. The van der Waals surface area contributed by atoms with E-state index in [0.29, 0.717) is 12.5 Å². The van der Waals surface area contributed by atoms with Crippen molar-refractivity contribution in [3.8, 4) is 5.75 Å². The van der Waals surface area contributed by atoms with E-state index in [1.807, 2.05) is 0 Å². The van der Waals surface area contributed by atoms with Gasteiger partial charge in [0, 0.05) is 11.9 Å². The lowest BCUT2D eigenvalue weighted by molar-refractivity contribution is -0.385. The van der Waals surface area contributed by atoms with Gasteiger partial charge in [-0.25, -0.2) is 4.39 Å². The second-order valence-corrected chi connectivity index (χ2v) is 3.85. The minimum absolute atomic E-state index is 0.0430. The molecule has 0 aromatic heterocycles. The molecule has 0 spiro atoms. The Kier molecular flexibility index (Phi) is 5.69. The van der Waals surface area contributed by atoms with Gasteiger partial charge in [0.2, 0.25) is 0 Å². The summed E-state index contributed by atoms with van der Waals surface area (Å²) in [7, 11) is 0. The Balaban J connectivity index is 2.46. The Morgan fingerprint density at radius 3 is 2.71 bits per heavy atom. The van der Waals surface area contributed by atoms with Gasteiger partial charge in [-0.2, -0.15) is 0 Å². The van der Waals surface area contributed by atoms with Crippen LogP contribution in [0.3, 0.4) is 0 Å². The van der Waals surface area contributed by atoms with E-state index in [1.54, 1.807) is 0 Å². The summed E-state index contributed by atoms with van der Waals surface area (Å²) in [5.74, 6) is -0.0654. The van der Waals surface area contributed by atoms with Crippen molar-refractivity contribution in [2.75, 3.05) is 12.5 Å². The van der Waals surface area contributed by atoms with Crippen LogP contribution in [0.15, 0.2) is 18.2 Å². The Bertz CT molecular complexity index is 387. The molecule has 0 amide bonds. The van der Waals surface area contributed by atoms with E-state index >= 15 is 0 Å². The van der Waals surface area contributed by atoms with Crippen LogP contribution >= 0.6 is 11.6 Å². The zero-order valence-corrected chi connectivity index (χ0v) is 9.95. The molecule has 1 aromatic carbocycles. The summed E-state index contributed by atoms with van der Waals surface area (Å²) in [6.07, 6.45) is 2.59. The van der Waals surface area contributed by atoms with Gasteiger partial charge < -0.3 is 4.74 Å². The molecule has 0 fully saturated rings. The van der Waals surface area contributed by atoms with Gasteiger partial charge in [0.05, 0.1) is 17.6 Å². The van der Waals surface area contributed by atoms with Crippen LogP contribution in [0.1, 0.15) is 19.3 Å². The van der Waals surface area contributed by atoms with E-state index in [4.69, 9.17) is 16.3 Å². The maximum Gasteiger partial charge on any atom is 0.272 e. The number of ether oxygens (including phenoxy) is 1. The second kappa shape index (κ2) is 7.06. The first kappa shape index (κ1) is 13.7. The van der Waals surface area contributed by atoms with Crippen molar-refractivity contribution in [1.29, 1.82) is 0 Å². The smallest absolute Gasteiger partial charge is 0.272 e. The number of non-ortho nitro benzene ring substituents is 1. The number of hydrogen-bond acceptors (Lipinski definition) is 3. The predicted molar refractivity (Wildman–Crippen MR) is 63.1 cm³/mol. The molecule has 0 aliphatic heterocycles. The molecular formula is C11H13ClFNO3. The molecule has 94 valence electrons. The van der Waals surface area contributed by atoms with Crippen LogP contribution in [0.5, 0.6) is 5.75 Å².